The number of aldehydes is 1. The van der Waals surface area contributed by atoms with E-state index in [4.69, 9.17) is 5.11 Å². The predicted octanol–water partition coefficient (Wildman–Crippen LogP) is 2.64. The summed E-state index contributed by atoms with van der Waals surface area (Å²) in [5.74, 6) is 0.142. The van der Waals surface area contributed by atoms with Crippen molar-refractivity contribution in [2.24, 2.45) is 4.99 Å². The number of hydrogen-bond acceptors (Lipinski definition) is 4. The van der Waals surface area contributed by atoms with Crippen LogP contribution in [0.1, 0.15) is 0 Å². The van der Waals surface area contributed by atoms with Crippen LogP contribution in [0, 0.1) is 0 Å². The van der Waals surface area contributed by atoms with Crippen LogP contribution >= 0.6 is 27.7 Å². The number of nitrogens with one attached hydrogen (secondary N) is 1. The molecule has 0 fully saturated rings. The van der Waals surface area contributed by atoms with Crippen LogP contribution in [0.5, 0.6) is 0 Å². The molecule has 2 N–H and O–H groups in total. The van der Waals surface area contributed by atoms with Crippen molar-refractivity contribution in [3.8, 4) is 0 Å². The quantitative estimate of drug-likeness (QED) is 0.510. The Kier molecular flexibility index (Phi) is 5.71. The highest BCUT2D eigenvalue weighted by Gasteiger charge is 2.06. The molecular weight excluding hydrogens is 308 g/mol. The summed E-state index contributed by atoms with van der Waals surface area (Å²) in [4.78, 5) is 24.9. The molecule has 17 heavy (non-hydrogen) atoms. The molecule has 0 unspecified atom stereocenters. The van der Waals surface area contributed by atoms with Crippen LogP contribution in [0.25, 0.3) is 0 Å². The number of benzene rings is 1. The van der Waals surface area contributed by atoms with Gasteiger partial charge in [0.15, 0.2) is 5.17 Å². The molecule has 0 saturated carbocycles. The topological polar surface area (TPSA) is 78.8 Å². The second kappa shape index (κ2) is 7.08. The Morgan fingerprint density at radius 3 is 2.82 bits per heavy atom. The van der Waals surface area contributed by atoms with E-state index in [9.17, 15) is 9.59 Å². The van der Waals surface area contributed by atoms with E-state index in [0.29, 0.717) is 12.0 Å². The van der Waals surface area contributed by atoms with Gasteiger partial charge in [0.2, 0.25) is 0 Å². The number of aliphatic imine (C=N–C) groups is 1. The van der Waals surface area contributed by atoms with Crippen LogP contribution in [0.15, 0.2) is 33.7 Å². The Morgan fingerprint density at radius 2 is 2.24 bits per heavy atom. The first-order valence-corrected chi connectivity index (χ1v) is 6.31. The summed E-state index contributed by atoms with van der Waals surface area (Å²) < 4.78 is 0.747. The average molecular weight is 317 g/mol. The number of amides is 1. The zero-order chi connectivity index (χ0) is 12.7. The monoisotopic (exact) mass is 316 g/mol. The molecule has 1 aromatic carbocycles. The van der Waals surface area contributed by atoms with Crippen molar-refractivity contribution in [2.45, 2.75) is 0 Å². The van der Waals surface area contributed by atoms with Gasteiger partial charge in [0.05, 0.1) is 11.4 Å². The SMILES string of the molecule is O=CCSC(=Nc1ccccc1Br)NC(=O)O. The summed E-state index contributed by atoms with van der Waals surface area (Å²) in [5, 5.41) is 10.9. The second-order valence-electron chi connectivity index (χ2n) is 2.78. The Balaban J connectivity index is 2.91. The van der Waals surface area contributed by atoms with Gasteiger partial charge < -0.3 is 9.90 Å². The summed E-state index contributed by atoms with van der Waals surface area (Å²) in [6.45, 7) is 0. The minimum atomic E-state index is -1.21. The van der Waals surface area contributed by atoms with Crippen molar-refractivity contribution in [1.29, 1.82) is 0 Å². The number of hydrogen-bond donors (Lipinski definition) is 2. The van der Waals surface area contributed by atoms with Gasteiger partial charge in [-0.3, -0.25) is 5.32 Å². The second-order valence-corrected chi connectivity index (χ2v) is 4.64. The summed E-state index contributed by atoms with van der Waals surface area (Å²) >= 11 is 4.32. The fraction of sp³-hybridized carbons (Fsp3) is 0.100. The smallest absolute Gasteiger partial charge is 0.410 e. The molecule has 0 aliphatic rings. The normalized spacial score (nSPS) is 11.0. The molecule has 0 aliphatic carbocycles. The largest absolute Gasteiger partial charge is 0.465 e. The zero-order valence-electron chi connectivity index (χ0n) is 8.59. The van der Waals surface area contributed by atoms with Gasteiger partial charge in [-0.15, -0.1) is 0 Å². The number of halogens is 1. The Labute approximate surface area is 110 Å². The van der Waals surface area contributed by atoms with Gasteiger partial charge in [-0.25, -0.2) is 9.79 Å². The average Bonchev–Trinajstić information content (AvgIpc) is 2.28. The number of nitrogens with zero attached hydrogens (tertiary/aromatic N) is 1. The Morgan fingerprint density at radius 1 is 1.53 bits per heavy atom. The third kappa shape index (κ3) is 5.01. The summed E-state index contributed by atoms with van der Waals surface area (Å²) in [6.07, 6.45) is -0.529. The lowest BCUT2D eigenvalue weighted by molar-refractivity contribution is -0.105. The van der Waals surface area contributed by atoms with Crippen molar-refractivity contribution < 1.29 is 14.7 Å². The van der Waals surface area contributed by atoms with E-state index in [1.807, 2.05) is 6.07 Å². The molecule has 7 heteroatoms. The molecule has 0 spiro atoms. The lowest BCUT2D eigenvalue weighted by Crippen LogP contribution is -2.26. The van der Waals surface area contributed by atoms with E-state index in [-0.39, 0.29) is 10.9 Å². The number of amidine groups is 1. The highest BCUT2D eigenvalue weighted by Crippen LogP contribution is 2.25. The molecule has 0 atom stereocenters. The number of carbonyl (C=O) groups is 2. The number of rotatable bonds is 3. The minimum Gasteiger partial charge on any atom is -0.465 e. The van der Waals surface area contributed by atoms with E-state index >= 15 is 0 Å². The van der Waals surface area contributed by atoms with E-state index in [1.54, 1.807) is 18.2 Å². The van der Waals surface area contributed by atoms with E-state index in [2.05, 4.69) is 26.2 Å². The van der Waals surface area contributed by atoms with E-state index < -0.39 is 6.09 Å². The van der Waals surface area contributed by atoms with Crippen LogP contribution in [0.2, 0.25) is 0 Å². The van der Waals surface area contributed by atoms with Crippen molar-refractivity contribution in [3.63, 3.8) is 0 Å². The van der Waals surface area contributed by atoms with Crippen LogP contribution < -0.4 is 5.32 Å². The number of thioether (sulfide) groups is 1. The Hall–Kier alpha value is -1.34. The maximum atomic E-state index is 10.5. The number of para-hydroxylation sites is 1. The maximum Gasteiger partial charge on any atom is 0.410 e. The molecular formula is C10H9BrN2O3S. The third-order valence-electron chi connectivity index (χ3n) is 1.58. The van der Waals surface area contributed by atoms with Crippen LogP contribution in [0.3, 0.4) is 0 Å². The maximum absolute atomic E-state index is 10.5. The first-order chi connectivity index (χ1) is 8.13. The van der Waals surface area contributed by atoms with Gasteiger partial charge in [-0.1, -0.05) is 23.9 Å². The van der Waals surface area contributed by atoms with Crippen LogP contribution in [-0.2, 0) is 4.79 Å². The van der Waals surface area contributed by atoms with Gasteiger partial charge in [-0.2, -0.15) is 0 Å². The molecule has 0 radical (unpaired) electrons. The number of carbonyl (C=O) groups excluding carboxylic acids is 1. The summed E-state index contributed by atoms with van der Waals surface area (Å²) in [5.41, 5.74) is 0.592. The molecule has 90 valence electrons. The lowest BCUT2D eigenvalue weighted by Gasteiger charge is -2.04. The fourth-order valence-corrected chi connectivity index (χ4v) is 1.87. The van der Waals surface area contributed by atoms with Gasteiger partial charge in [0.1, 0.15) is 6.29 Å². The van der Waals surface area contributed by atoms with Gasteiger partial charge in [0, 0.05) is 4.47 Å². The predicted molar refractivity (Wildman–Crippen MR) is 70.9 cm³/mol. The molecule has 1 amide bonds. The standard InChI is InChI=1S/C10H9BrN2O3S/c11-7-3-1-2-4-8(7)12-9(13-10(15)16)17-6-5-14/h1-5H,6H2,(H,12,13)(H,15,16). The fourth-order valence-electron chi connectivity index (χ4n) is 0.953. The molecule has 1 rings (SSSR count). The minimum absolute atomic E-state index is 0.142. The lowest BCUT2D eigenvalue weighted by atomic mass is 10.3. The molecule has 0 aliphatic heterocycles. The molecule has 0 heterocycles. The van der Waals surface area contributed by atoms with Gasteiger partial charge >= 0.3 is 6.09 Å². The Bertz CT molecular complexity index is 451. The van der Waals surface area contributed by atoms with Crippen molar-refractivity contribution in [1.82, 2.24) is 5.32 Å². The summed E-state index contributed by atoms with van der Waals surface area (Å²) in [7, 11) is 0. The first kappa shape index (κ1) is 13.7. The first-order valence-electron chi connectivity index (χ1n) is 4.53. The molecule has 0 bridgehead atoms. The van der Waals surface area contributed by atoms with E-state index in [0.717, 1.165) is 16.2 Å². The highest BCUT2D eigenvalue weighted by molar-refractivity contribution is 9.10. The molecule has 5 nitrogen and oxygen atoms in total. The zero-order valence-corrected chi connectivity index (χ0v) is 11.0. The van der Waals surface area contributed by atoms with E-state index in [1.165, 1.54) is 0 Å². The summed E-state index contributed by atoms with van der Waals surface area (Å²) in [6, 6.07) is 7.13. The number of carboxylic acid groups (broad SMARTS) is 1. The van der Waals surface area contributed by atoms with Gasteiger partial charge in [0.25, 0.3) is 0 Å². The molecule has 1 aromatic rings. The van der Waals surface area contributed by atoms with Gasteiger partial charge in [-0.05, 0) is 28.1 Å². The van der Waals surface area contributed by atoms with Crippen LogP contribution in [-0.4, -0.2) is 28.4 Å². The molecule has 0 aromatic heterocycles. The third-order valence-corrected chi connectivity index (χ3v) is 3.02. The van der Waals surface area contributed by atoms with Crippen molar-refractivity contribution in [2.75, 3.05) is 5.75 Å². The van der Waals surface area contributed by atoms with Crippen molar-refractivity contribution in [3.05, 3.63) is 28.7 Å². The van der Waals surface area contributed by atoms with Crippen molar-refractivity contribution >= 4 is 50.9 Å². The highest BCUT2D eigenvalue weighted by atomic mass is 79.9. The molecule has 0 saturated heterocycles. The van der Waals surface area contributed by atoms with Crippen LogP contribution in [0.4, 0.5) is 10.5 Å².